The monoisotopic (exact) mass is 267 g/mol. The summed E-state index contributed by atoms with van der Waals surface area (Å²) in [5.41, 5.74) is 0.372. The van der Waals surface area contributed by atoms with Crippen molar-refractivity contribution in [2.45, 2.75) is 0 Å². The molecule has 0 N–H and O–H groups in total. The molecule has 100 valence electrons. The van der Waals surface area contributed by atoms with Crippen LogP contribution in [0, 0.1) is 11.3 Å². The minimum absolute atomic E-state index is 0.372. The Labute approximate surface area is 116 Å². The van der Waals surface area contributed by atoms with E-state index in [-0.39, 0.29) is 0 Å². The van der Waals surface area contributed by atoms with Crippen LogP contribution in [0.3, 0.4) is 0 Å². The van der Waals surface area contributed by atoms with E-state index in [0.29, 0.717) is 11.5 Å². The summed E-state index contributed by atoms with van der Waals surface area (Å²) in [4.78, 5) is 21.0. The lowest BCUT2D eigenvalue weighted by Crippen LogP contribution is -2.47. The summed E-state index contributed by atoms with van der Waals surface area (Å²) in [6.07, 6.45) is 6.63. The molecule has 20 heavy (non-hydrogen) atoms. The predicted molar refractivity (Wildman–Crippen MR) is 73.2 cm³/mol. The van der Waals surface area contributed by atoms with Gasteiger partial charge < -0.3 is 9.80 Å². The second-order valence-corrected chi connectivity index (χ2v) is 4.36. The minimum Gasteiger partial charge on any atom is -0.351 e. The van der Waals surface area contributed by atoms with Crippen molar-refractivity contribution < 1.29 is 0 Å². The summed E-state index contributed by atoms with van der Waals surface area (Å²) in [6.45, 7) is 3.13. The summed E-state index contributed by atoms with van der Waals surface area (Å²) < 4.78 is 0. The molecule has 0 aromatic carbocycles. The van der Waals surface area contributed by atoms with Gasteiger partial charge in [0, 0.05) is 51.0 Å². The molecule has 3 heterocycles. The zero-order chi connectivity index (χ0) is 13.8. The molecular weight excluding hydrogens is 254 g/mol. The summed E-state index contributed by atoms with van der Waals surface area (Å²) in [5, 5.41) is 9.07. The van der Waals surface area contributed by atoms with Crippen LogP contribution in [0.15, 0.2) is 30.9 Å². The Morgan fingerprint density at radius 2 is 1.50 bits per heavy atom. The number of rotatable bonds is 2. The first kappa shape index (κ1) is 12.3. The predicted octanol–water partition coefficient (Wildman–Crippen LogP) is 0.465. The Balaban J connectivity index is 1.72. The quantitative estimate of drug-likeness (QED) is 0.782. The Morgan fingerprint density at radius 1 is 0.850 bits per heavy atom. The highest BCUT2D eigenvalue weighted by molar-refractivity contribution is 5.50. The third-order valence-electron chi connectivity index (χ3n) is 3.20. The number of aromatic nitrogens is 4. The van der Waals surface area contributed by atoms with Crippen LogP contribution in [0.2, 0.25) is 0 Å². The highest BCUT2D eigenvalue weighted by Crippen LogP contribution is 2.17. The van der Waals surface area contributed by atoms with Gasteiger partial charge in [0.15, 0.2) is 11.5 Å². The van der Waals surface area contributed by atoms with E-state index in [1.165, 1.54) is 6.20 Å². The zero-order valence-electron chi connectivity index (χ0n) is 10.8. The van der Waals surface area contributed by atoms with Crippen molar-refractivity contribution in [2.24, 2.45) is 0 Å². The Hall–Kier alpha value is -2.75. The van der Waals surface area contributed by atoms with Gasteiger partial charge in [0.05, 0.1) is 0 Å². The first-order chi connectivity index (χ1) is 9.88. The van der Waals surface area contributed by atoms with E-state index in [0.717, 1.165) is 32.1 Å². The van der Waals surface area contributed by atoms with Gasteiger partial charge in [0.1, 0.15) is 6.07 Å². The first-order valence-electron chi connectivity index (χ1n) is 6.36. The average Bonchev–Trinajstić information content (AvgIpc) is 2.56. The molecule has 1 saturated heterocycles. The number of hydrogen-bond acceptors (Lipinski definition) is 7. The van der Waals surface area contributed by atoms with Crippen molar-refractivity contribution in [1.29, 1.82) is 5.26 Å². The van der Waals surface area contributed by atoms with Crippen LogP contribution < -0.4 is 9.80 Å². The molecule has 7 nitrogen and oxygen atoms in total. The Kier molecular flexibility index (Phi) is 3.37. The largest absolute Gasteiger partial charge is 0.351 e. The lowest BCUT2D eigenvalue weighted by molar-refractivity contribution is 0.633. The van der Waals surface area contributed by atoms with Crippen LogP contribution in [0.4, 0.5) is 11.8 Å². The molecule has 0 atom stereocenters. The molecule has 1 aliphatic rings. The maximum atomic E-state index is 9.07. The molecule has 0 radical (unpaired) electrons. The first-order valence-corrected chi connectivity index (χ1v) is 6.36. The lowest BCUT2D eigenvalue weighted by Gasteiger charge is -2.35. The van der Waals surface area contributed by atoms with Crippen molar-refractivity contribution in [2.75, 3.05) is 36.0 Å². The van der Waals surface area contributed by atoms with E-state index >= 15 is 0 Å². The van der Waals surface area contributed by atoms with Crippen LogP contribution in [0.5, 0.6) is 0 Å². The van der Waals surface area contributed by atoms with Crippen molar-refractivity contribution in [3.8, 4) is 6.07 Å². The van der Waals surface area contributed by atoms with Crippen molar-refractivity contribution in [3.05, 3.63) is 36.5 Å². The van der Waals surface area contributed by atoms with E-state index in [1.54, 1.807) is 24.7 Å². The summed E-state index contributed by atoms with van der Waals surface area (Å²) >= 11 is 0. The number of nitrogens with zero attached hydrogens (tertiary/aromatic N) is 7. The summed E-state index contributed by atoms with van der Waals surface area (Å²) in [6, 6.07) is 3.89. The van der Waals surface area contributed by atoms with Crippen LogP contribution in [-0.4, -0.2) is 46.1 Å². The van der Waals surface area contributed by atoms with Gasteiger partial charge in [-0.3, -0.25) is 0 Å². The topological polar surface area (TPSA) is 81.8 Å². The number of nitriles is 1. The van der Waals surface area contributed by atoms with Crippen molar-refractivity contribution >= 4 is 11.8 Å². The van der Waals surface area contributed by atoms with Gasteiger partial charge >= 0.3 is 0 Å². The van der Waals surface area contributed by atoms with Crippen LogP contribution in [-0.2, 0) is 0 Å². The lowest BCUT2D eigenvalue weighted by atomic mass is 10.3. The fourth-order valence-corrected chi connectivity index (χ4v) is 2.21. The molecular formula is C13H13N7. The van der Waals surface area contributed by atoms with E-state index in [4.69, 9.17) is 5.26 Å². The average molecular weight is 267 g/mol. The normalized spacial score (nSPS) is 14.9. The van der Waals surface area contributed by atoms with Gasteiger partial charge in [-0.2, -0.15) is 5.26 Å². The zero-order valence-corrected chi connectivity index (χ0v) is 10.8. The summed E-state index contributed by atoms with van der Waals surface area (Å²) in [7, 11) is 0. The van der Waals surface area contributed by atoms with E-state index in [2.05, 4.69) is 35.8 Å². The second-order valence-electron chi connectivity index (χ2n) is 4.36. The fourth-order valence-electron chi connectivity index (χ4n) is 2.21. The Morgan fingerprint density at radius 3 is 2.20 bits per heavy atom. The molecule has 7 heteroatoms. The molecule has 0 aliphatic carbocycles. The minimum atomic E-state index is 0.372. The molecule has 2 aromatic rings. The number of anilines is 2. The third-order valence-corrected chi connectivity index (χ3v) is 3.20. The molecule has 0 spiro atoms. The fraction of sp³-hybridized carbons (Fsp3) is 0.308. The molecule has 0 amide bonds. The highest BCUT2D eigenvalue weighted by atomic mass is 15.3. The van der Waals surface area contributed by atoms with Gasteiger partial charge in [-0.1, -0.05) is 0 Å². The molecule has 2 aromatic heterocycles. The van der Waals surface area contributed by atoms with Gasteiger partial charge in [-0.15, -0.1) is 0 Å². The van der Waals surface area contributed by atoms with Crippen molar-refractivity contribution in [3.63, 3.8) is 0 Å². The van der Waals surface area contributed by atoms with Gasteiger partial charge in [-0.25, -0.2) is 19.9 Å². The second kappa shape index (κ2) is 5.48. The smallest absolute Gasteiger partial charge is 0.225 e. The molecule has 0 saturated carbocycles. The third kappa shape index (κ3) is 2.36. The molecule has 0 unspecified atom stereocenters. The molecule has 3 rings (SSSR count). The maximum Gasteiger partial charge on any atom is 0.225 e. The van der Waals surface area contributed by atoms with E-state index < -0.39 is 0 Å². The molecule has 1 fully saturated rings. The van der Waals surface area contributed by atoms with Crippen LogP contribution >= 0.6 is 0 Å². The van der Waals surface area contributed by atoms with Crippen LogP contribution in [0.25, 0.3) is 0 Å². The van der Waals surface area contributed by atoms with Crippen molar-refractivity contribution in [1.82, 2.24) is 19.9 Å². The van der Waals surface area contributed by atoms with E-state index in [9.17, 15) is 0 Å². The van der Waals surface area contributed by atoms with E-state index in [1.807, 2.05) is 0 Å². The van der Waals surface area contributed by atoms with Gasteiger partial charge in [0.2, 0.25) is 5.95 Å². The SMILES string of the molecule is N#Cc1nccnc1N1CCN(c2ncccn2)CC1. The number of piperazine rings is 1. The molecule has 1 aliphatic heterocycles. The number of hydrogen-bond donors (Lipinski definition) is 0. The standard InChI is InChI=1S/C13H13N7/c14-10-11-12(16-5-4-15-11)19-6-8-20(9-7-19)13-17-2-1-3-18-13/h1-5H,6-9H2. The highest BCUT2D eigenvalue weighted by Gasteiger charge is 2.21. The molecule has 0 bridgehead atoms. The van der Waals surface area contributed by atoms with Crippen LogP contribution in [0.1, 0.15) is 5.69 Å². The Bertz CT molecular complexity index is 614. The summed E-state index contributed by atoms with van der Waals surface area (Å²) in [5.74, 6) is 1.40. The maximum absolute atomic E-state index is 9.07. The van der Waals surface area contributed by atoms with Gasteiger partial charge in [0.25, 0.3) is 0 Å². The van der Waals surface area contributed by atoms with Gasteiger partial charge in [-0.05, 0) is 6.07 Å².